The fraction of sp³-hybridized carbons (Fsp3) is 0.111. The Morgan fingerprint density at radius 1 is 1.40 bits per heavy atom. The number of pyridine rings is 1. The Hall–Kier alpha value is -1.98. The first-order valence-corrected chi connectivity index (χ1v) is 4.20. The summed E-state index contributed by atoms with van der Waals surface area (Å²) in [5.74, 6) is -1.46. The molecule has 0 aromatic carbocycles. The Morgan fingerprint density at radius 3 is 2.93 bits per heavy atom. The Morgan fingerprint density at radius 2 is 2.27 bits per heavy atom. The Labute approximate surface area is 83.9 Å². The molecule has 2 aromatic rings. The molecule has 0 spiro atoms. The lowest BCUT2D eigenvalue weighted by Crippen LogP contribution is -2.04. The normalized spacial score (nSPS) is 10.3. The van der Waals surface area contributed by atoms with E-state index in [0.29, 0.717) is 5.69 Å². The SMILES string of the molecule is Fc1cnc(NCc2ccon2)c(F)c1. The summed E-state index contributed by atoms with van der Waals surface area (Å²) in [6.45, 7) is 0.270. The van der Waals surface area contributed by atoms with Crippen molar-refractivity contribution in [2.45, 2.75) is 6.54 Å². The standard InChI is InChI=1S/C9H7F2N3O/c10-6-3-8(11)9(12-4-6)13-5-7-1-2-15-14-7/h1-4H,5H2,(H,12,13). The average Bonchev–Trinajstić information content (AvgIpc) is 2.69. The molecule has 1 N–H and O–H groups in total. The molecular weight excluding hydrogens is 204 g/mol. The smallest absolute Gasteiger partial charge is 0.168 e. The second-order valence-corrected chi connectivity index (χ2v) is 2.83. The number of anilines is 1. The van der Waals surface area contributed by atoms with E-state index in [9.17, 15) is 8.78 Å². The lowest BCUT2D eigenvalue weighted by molar-refractivity contribution is 0.412. The van der Waals surface area contributed by atoms with Crippen LogP contribution in [-0.4, -0.2) is 10.1 Å². The molecule has 0 amide bonds. The molecule has 0 saturated heterocycles. The predicted molar refractivity (Wildman–Crippen MR) is 48.0 cm³/mol. The quantitative estimate of drug-likeness (QED) is 0.843. The zero-order chi connectivity index (χ0) is 10.7. The van der Waals surface area contributed by atoms with Gasteiger partial charge in [-0.05, 0) is 0 Å². The first kappa shape index (κ1) is 9.57. The van der Waals surface area contributed by atoms with Gasteiger partial charge in [0.05, 0.1) is 12.7 Å². The van der Waals surface area contributed by atoms with E-state index in [4.69, 9.17) is 0 Å². The zero-order valence-corrected chi connectivity index (χ0v) is 7.58. The minimum Gasteiger partial charge on any atom is -0.364 e. The van der Waals surface area contributed by atoms with Crippen molar-refractivity contribution in [1.29, 1.82) is 0 Å². The van der Waals surface area contributed by atoms with E-state index in [-0.39, 0.29) is 12.4 Å². The van der Waals surface area contributed by atoms with Crippen LogP contribution in [0.4, 0.5) is 14.6 Å². The molecule has 0 fully saturated rings. The highest BCUT2D eigenvalue weighted by atomic mass is 19.1. The van der Waals surface area contributed by atoms with Gasteiger partial charge in [-0.2, -0.15) is 0 Å². The van der Waals surface area contributed by atoms with Crippen LogP contribution in [0.25, 0.3) is 0 Å². The van der Waals surface area contributed by atoms with Crippen LogP contribution in [0.15, 0.2) is 29.1 Å². The monoisotopic (exact) mass is 211 g/mol. The minimum atomic E-state index is -0.738. The molecule has 0 atom stereocenters. The second kappa shape index (κ2) is 4.04. The number of rotatable bonds is 3. The van der Waals surface area contributed by atoms with Crippen molar-refractivity contribution >= 4 is 5.82 Å². The highest BCUT2D eigenvalue weighted by molar-refractivity contribution is 5.36. The number of aromatic nitrogens is 2. The molecule has 0 bridgehead atoms. The summed E-state index contributed by atoms with van der Waals surface area (Å²) in [5, 5.41) is 6.28. The summed E-state index contributed by atoms with van der Waals surface area (Å²) < 4.78 is 30.2. The van der Waals surface area contributed by atoms with Crippen LogP contribution in [0.1, 0.15) is 5.69 Å². The van der Waals surface area contributed by atoms with Crippen LogP contribution in [0.5, 0.6) is 0 Å². The Kier molecular flexibility index (Phi) is 2.57. The topological polar surface area (TPSA) is 51.0 Å². The molecule has 0 aliphatic heterocycles. The highest BCUT2D eigenvalue weighted by Crippen LogP contribution is 2.11. The highest BCUT2D eigenvalue weighted by Gasteiger charge is 2.05. The number of hydrogen-bond acceptors (Lipinski definition) is 4. The van der Waals surface area contributed by atoms with Crippen LogP contribution in [0.3, 0.4) is 0 Å². The van der Waals surface area contributed by atoms with Crippen molar-refractivity contribution in [1.82, 2.24) is 10.1 Å². The first-order chi connectivity index (χ1) is 7.25. The molecule has 6 heteroatoms. The van der Waals surface area contributed by atoms with Gasteiger partial charge in [0.2, 0.25) is 0 Å². The fourth-order valence-electron chi connectivity index (χ4n) is 1.05. The molecule has 0 aliphatic rings. The van der Waals surface area contributed by atoms with E-state index in [1.807, 2.05) is 0 Å². The van der Waals surface area contributed by atoms with Crippen LogP contribution in [0.2, 0.25) is 0 Å². The van der Waals surface area contributed by atoms with Gasteiger partial charge < -0.3 is 9.84 Å². The molecule has 2 heterocycles. The van der Waals surface area contributed by atoms with Gasteiger partial charge in [-0.25, -0.2) is 13.8 Å². The molecule has 0 unspecified atom stereocenters. The van der Waals surface area contributed by atoms with Crippen molar-refractivity contribution in [2.75, 3.05) is 5.32 Å². The predicted octanol–water partition coefficient (Wildman–Crippen LogP) is 1.96. The number of halogens is 2. The maximum atomic E-state index is 13.1. The van der Waals surface area contributed by atoms with Gasteiger partial charge in [0.1, 0.15) is 17.8 Å². The van der Waals surface area contributed by atoms with Gasteiger partial charge in [0.15, 0.2) is 11.6 Å². The van der Waals surface area contributed by atoms with E-state index in [1.165, 1.54) is 6.26 Å². The molecule has 78 valence electrons. The average molecular weight is 211 g/mol. The van der Waals surface area contributed by atoms with Gasteiger partial charge in [0.25, 0.3) is 0 Å². The maximum absolute atomic E-state index is 13.1. The molecule has 2 aromatic heterocycles. The van der Waals surface area contributed by atoms with E-state index >= 15 is 0 Å². The molecule has 0 radical (unpaired) electrons. The van der Waals surface area contributed by atoms with Crippen LogP contribution in [0, 0.1) is 11.6 Å². The van der Waals surface area contributed by atoms with Gasteiger partial charge in [-0.1, -0.05) is 5.16 Å². The summed E-state index contributed by atoms with van der Waals surface area (Å²) in [6, 6.07) is 2.40. The van der Waals surface area contributed by atoms with Crippen molar-refractivity contribution in [3.05, 3.63) is 41.9 Å². The van der Waals surface area contributed by atoms with Crippen molar-refractivity contribution < 1.29 is 13.3 Å². The van der Waals surface area contributed by atoms with E-state index in [1.54, 1.807) is 6.07 Å². The minimum absolute atomic E-state index is 0.0144. The number of nitrogens with one attached hydrogen (secondary N) is 1. The molecular formula is C9H7F2N3O. The van der Waals surface area contributed by atoms with Gasteiger partial charge in [-0.3, -0.25) is 0 Å². The summed E-state index contributed by atoms with van der Waals surface area (Å²) in [4.78, 5) is 3.56. The van der Waals surface area contributed by atoms with Gasteiger partial charge in [-0.15, -0.1) is 0 Å². The molecule has 2 rings (SSSR count). The third kappa shape index (κ3) is 2.28. The van der Waals surface area contributed by atoms with E-state index in [0.717, 1.165) is 12.3 Å². The summed E-state index contributed by atoms with van der Waals surface area (Å²) in [7, 11) is 0. The summed E-state index contributed by atoms with van der Waals surface area (Å²) in [6.07, 6.45) is 2.35. The van der Waals surface area contributed by atoms with Crippen molar-refractivity contribution in [2.24, 2.45) is 0 Å². The zero-order valence-electron chi connectivity index (χ0n) is 7.58. The van der Waals surface area contributed by atoms with Crippen LogP contribution in [-0.2, 0) is 6.54 Å². The molecule has 15 heavy (non-hydrogen) atoms. The number of nitrogens with zero attached hydrogens (tertiary/aromatic N) is 2. The second-order valence-electron chi connectivity index (χ2n) is 2.83. The fourth-order valence-corrected chi connectivity index (χ4v) is 1.05. The van der Waals surface area contributed by atoms with E-state index in [2.05, 4.69) is 20.0 Å². The van der Waals surface area contributed by atoms with Crippen molar-refractivity contribution in [3.8, 4) is 0 Å². The molecule has 0 aliphatic carbocycles. The van der Waals surface area contributed by atoms with E-state index < -0.39 is 11.6 Å². The number of hydrogen-bond donors (Lipinski definition) is 1. The van der Waals surface area contributed by atoms with Crippen LogP contribution >= 0.6 is 0 Å². The summed E-state index contributed by atoms with van der Waals surface area (Å²) in [5.41, 5.74) is 0.612. The van der Waals surface area contributed by atoms with Gasteiger partial charge in [0, 0.05) is 12.1 Å². The van der Waals surface area contributed by atoms with Crippen LogP contribution < -0.4 is 5.32 Å². The molecule has 4 nitrogen and oxygen atoms in total. The first-order valence-electron chi connectivity index (χ1n) is 4.20. The third-order valence-corrected chi connectivity index (χ3v) is 1.74. The lowest BCUT2D eigenvalue weighted by Gasteiger charge is -2.03. The Balaban J connectivity index is 2.05. The van der Waals surface area contributed by atoms with Gasteiger partial charge >= 0.3 is 0 Å². The Bertz CT molecular complexity index is 445. The summed E-state index contributed by atoms with van der Waals surface area (Å²) >= 11 is 0. The maximum Gasteiger partial charge on any atom is 0.168 e. The largest absolute Gasteiger partial charge is 0.364 e. The third-order valence-electron chi connectivity index (χ3n) is 1.74. The van der Waals surface area contributed by atoms with Crippen molar-refractivity contribution in [3.63, 3.8) is 0 Å². The lowest BCUT2D eigenvalue weighted by atomic mass is 10.4. The molecule has 0 saturated carbocycles.